The van der Waals surface area contributed by atoms with Gasteiger partial charge in [0, 0.05) is 18.7 Å². The fraction of sp³-hybridized carbons (Fsp3) is 0.450. The minimum atomic E-state index is -4.73. The van der Waals surface area contributed by atoms with Crippen molar-refractivity contribution in [1.29, 1.82) is 0 Å². The molecule has 1 unspecified atom stereocenters. The lowest BCUT2D eigenvalue weighted by Crippen LogP contribution is -2.29. The number of aryl methyl sites for hydroxylation is 1. The first-order valence-corrected chi connectivity index (χ1v) is 9.47. The summed E-state index contributed by atoms with van der Waals surface area (Å²) in [7, 11) is 0. The second-order valence-electron chi connectivity index (χ2n) is 7.82. The van der Waals surface area contributed by atoms with Gasteiger partial charge in [-0.1, -0.05) is 6.07 Å². The van der Waals surface area contributed by atoms with Crippen LogP contribution in [0.1, 0.15) is 24.0 Å². The summed E-state index contributed by atoms with van der Waals surface area (Å²) in [5.41, 5.74) is -0.366. The van der Waals surface area contributed by atoms with Crippen molar-refractivity contribution < 1.29 is 32.2 Å². The lowest BCUT2D eigenvalue weighted by Gasteiger charge is -2.19. The smallest absolute Gasteiger partial charge is 0.421 e. The van der Waals surface area contributed by atoms with E-state index in [9.17, 15) is 22.4 Å². The van der Waals surface area contributed by atoms with Crippen LogP contribution in [0.5, 0.6) is 5.88 Å². The number of rotatable bonds is 3. The molecule has 30 heavy (non-hydrogen) atoms. The SMILES string of the molecule is Cc1ccc(F)cc1-c1cc(C(F)(F)F)c(OC2C[C@@H]3CN(C(=O)O)C[C@@H]3C2)nn1. The predicted octanol–water partition coefficient (Wildman–Crippen LogP) is 4.38. The maximum atomic E-state index is 13.7. The number of carboxylic acid groups (broad SMARTS) is 1. The van der Waals surface area contributed by atoms with Crippen LogP contribution in [0.15, 0.2) is 24.3 Å². The van der Waals surface area contributed by atoms with Crippen molar-refractivity contribution in [3.8, 4) is 17.1 Å². The van der Waals surface area contributed by atoms with Crippen LogP contribution >= 0.6 is 0 Å². The standard InChI is InChI=1S/C20H19F4N3O3/c1-10-2-3-13(21)6-15(10)17-7-16(20(22,23)24)18(26-25-17)30-14-4-11-8-27(19(28)29)9-12(11)5-14/h2-3,6-7,11-12,14H,4-5,8-9H2,1H3,(H,28,29)/t11-,12+,14?. The molecule has 3 atom stereocenters. The minimum Gasteiger partial charge on any atom is -0.473 e. The van der Waals surface area contributed by atoms with Crippen molar-refractivity contribution in [2.45, 2.75) is 32.0 Å². The highest BCUT2D eigenvalue weighted by Crippen LogP contribution is 2.42. The average molecular weight is 425 g/mol. The number of nitrogens with zero attached hydrogens (tertiary/aromatic N) is 3. The molecule has 2 fully saturated rings. The van der Waals surface area contributed by atoms with Crippen LogP contribution in [0.4, 0.5) is 22.4 Å². The molecule has 160 valence electrons. The number of ether oxygens (including phenoxy) is 1. The Bertz CT molecular complexity index is 968. The molecule has 1 aromatic heterocycles. The Morgan fingerprint density at radius 1 is 1.17 bits per heavy atom. The largest absolute Gasteiger partial charge is 0.473 e. The first-order valence-electron chi connectivity index (χ1n) is 9.47. The fourth-order valence-electron chi connectivity index (χ4n) is 4.33. The molecule has 1 aliphatic carbocycles. The molecular weight excluding hydrogens is 406 g/mol. The van der Waals surface area contributed by atoms with Gasteiger partial charge in [-0.25, -0.2) is 9.18 Å². The Kier molecular flexibility index (Phi) is 5.03. The van der Waals surface area contributed by atoms with E-state index in [1.165, 1.54) is 17.0 Å². The third-order valence-corrected chi connectivity index (χ3v) is 5.80. The molecule has 4 rings (SSSR count). The Balaban J connectivity index is 1.57. The predicted molar refractivity (Wildman–Crippen MR) is 97.4 cm³/mol. The van der Waals surface area contributed by atoms with Gasteiger partial charge >= 0.3 is 12.3 Å². The van der Waals surface area contributed by atoms with Crippen molar-refractivity contribution in [3.63, 3.8) is 0 Å². The highest BCUT2D eigenvalue weighted by atomic mass is 19.4. The molecule has 1 saturated heterocycles. The summed E-state index contributed by atoms with van der Waals surface area (Å²) in [4.78, 5) is 12.4. The number of benzene rings is 1. The third kappa shape index (κ3) is 3.90. The number of alkyl halides is 3. The zero-order chi connectivity index (χ0) is 21.6. The number of amides is 1. The molecule has 1 aromatic carbocycles. The Morgan fingerprint density at radius 2 is 1.83 bits per heavy atom. The molecule has 1 amide bonds. The van der Waals surface area contributed by atoms with E-state index in [2.05, 4.69) is 10.2 Å². The van der Waals surface area contributed by atoms with E-state index in [1.54, 1.807) is 6.92 Å². The van der Waals surface area contributed by atoms with Crippen molar-refractivity contribution in [2.75, 3.05) is 13.1 Å². The quantitative estimate of drug-likeness (QED) is 0.739. The third-order valence-electron chi connectivity index (χ3n) is 5.80. The van der Waals surface area contributed by atoms with E-state index < -0.39 is 35.6 Å². The topological polar surface area (TPSA) is 75.5 Å². The van der Waals surface area contributed by atoms with E-state index in [1.807, 2.05) is 0 Å². The van der Waals surface area contributed by atoms with Crippen LogP contribution < -0.4 is 4.74 Å². The zero-order valence-corrected chi connectivity index (χ0v) is 16.0. The van der Waals surface area contributed by atoms with Gasteiger partial charge in [0.25, 0.3) is 0 Å². The average Bonchev–Trinajstić information content (AvgIpc) is 3.22. The summed E-state index contributed by atoms with van der Waals surface area (Å²) in [6, 6.07) is 4.62. The normalized spacial score (nSPS) is 23.5. The van der Waals surface area contributed by atoms with Crippen LogP contribution in [0.2, 0.25) is 0 Å². The molecule has 1 saturated carbocycles. The van der Waals surface area contributed by atoms with Gasteiger partial charge in [0.15, 0.2) is 0 Å². The number of halogens is 4. The molecule has 6 nitrogen and oxygen atoms in total. The number of hydrogen-bond donors (Lipinski definition) is 1. The molecule has 10 heteroatoms. The van der Waals surface area contributed by atoms with Crippen molar-refractivity contribution in [3.05, 3.63) is 41.2 Å². The van der Waals surface area contributed by atoms with Gasteiger partial charge in [0.2, 0.25) is 5.88 Å². The molecule has 0 bridgehead atoms. The maximum absolute atomic E-state index is 13.7. The van der Waals surface area contributed by atoms with E-state index in [0.717, 1.165) is 12.1 Å². The lowest BCUT2D eigenvalue weighted by molar-refractivity contribution is -0.139. The van der Waals surface area contributed by atoms with Gasteiger partial charge in [0.05, 0.1) is 5.69 Å². The van der Waals surface area contributed by atoms with Gasteiger partial charge < -0.3 is 14.7 Å². The number of aromatic nitrogens is 2. The zero-order valence-electron chi connectivity index (χ0n) is 16.0. The number of likely N-dealkylation sites (tertiary alicyclic amines) is 1. The minimum absolute atomic E-state index is 0.0580. The van der Waals surface area contributed by atoms with Gasteiger partial charge in [-0.2, -0.15) is 13.2 Å². The molecule has 0 radical (unpaired) electrons. The van der Waals surface area contributed by atoms with Crippen LogP contribution in [-0.4, -0.2) is 45.5 Å². The first kappa shape index (κ1) is 20.4. The Hall–Kier alpha value is -2.91. The first-order chi connectivity index (χ1) is 14.1. The van der Waals surface area contributed by atoms with E-state index in [0.29, 0.717) is 31.5 Å². The summed E-state index contributed by atoms with van der Waals surface area (Å²) in [6.45, 7) is 2.36. The molecular formula is C20H19F4N3O3. The van der Waals surface area contributed by atoms with E-state index in [-0.39, 0.29) is 23.1 Å². The summed E-state index contributed by atoms with van der Waals surface area (Å²) in [5.74, 6) is -1.08. The van der Waals surface area contributed by atoms with E-state index >= 15 is 0 Å². The Labute approximate surface area is 169 Å². The van der Waals surface area contributed by atoms with Crippen molar-refractivity contribution in [1.82, 2.24) is 15.1 Å². The summed E-state index contributed by atoms with van der Waals surface area (Å²) in [5, 5.41) is 16.6. The summed E-state index contributed by atoms with van der Waals surface area (Å²) in [6.07, 6.45) is -5.30. The van der Waals surface area contributed by atoms with E-state index in [4.69, 9.17) is 9.84 Å². The fourth-order valence-corrected chi connectivity index (χ4v) is 4.33. The molecule has 1 aliphatic heterocycles. The number of fused-ring (bicyclic) bond motifs is 1. The van der Waals surface area contributed by atoms with Gasteiger partial charge in [0.1, 0.15) is 17.5 Å². The second-order valence-corrected chi connectivity index (χ2v) is 7.82. The van der Waals surface area contributed by atoms with Gasteiger partial charge in [-0.05, 0) is 55.4 Å². The molecule has 0 spiro atoms. The summed E-state index contributed by atoms with van der Waals surface area (Å²) < 4.78 is 60.2. The Morgan fingerprint density at radius 3 is 2.43 bits per heavy atom. The highest BCUT2D eigenvalue weighted by molar-refractivity contribution is 5.65. The van der Waals surface area contributed by atoms with Gasteiger partial charge in [-0.3, -0.25) is 0 Å². The highest BCUT2D eigenvalue weighted by Gasteiger charge is 2.44. The van der Waals surface area contributed by atoms with Gasteiger partial charge in [-0.15, -0.1) is 10.2 Å². The molecule has 2 heterocycles. The van der Waals surface area contributed by atoms with Crippen molar-refractivity contribution in [2.24, 2.45) is 11.8 Å². The molecule has 2 aromatic rings. The van der Waals surface area contributed by atoms with Crippen LogP contribution in [-0.2, 0) is 6.18 Å². The van der Waals surface area contributed by atoms with Crippen molar-refractivity contribution >= 4 is 6.09 Å². The van der Waals surface area contributed by atoms with Crippen LogP contribution in [0.3, 0.4) is 0 Å². The summed E-state index contributed by atoms with van der Waals surface area (Å²) >= 11 is 0. The van der Waals surface area contributed by atoms with Crippen LogP contribution in [0.25, 0.3) is 11.3 Å². The maximum Gasteiger partial charge on any atom is 0.421 e. The number of hydrogen-bond acceptors (Lipinski definition) is 4. The second kappa shape index (κ2) is 7.41. The van der Waals surface area contributed by atoms with Crippen LogP contribution in [0, 0.1) is 24.6 Å². The molecule has 2 aliphatic rings. The molecule has 1 N–H and O–H groups in total. The lowest BCUT2D eigenvalue weighted by atomic mass is 10.0. The monoisotopic (exact) mass is 425 g/mol. The number of carbonyl (C=O) groups is 1.